The van der Waals surface area contributed by atoms with Crippen molar-refractivity contribution in [1.29, 1.82) is 0 Å². The molecule has 0 fully saturated rings. The molecule has 0 radical (unpaired) electrons. The Labute approximate surface area is 146 Å². The Bertz CT molecular complexity index is 835. The highest BCUT2D eigenvalue weighted by Gasteiger charge is 2.08. The van der Waals surface area contributed by atoms with Crippen molar-refractivity contribution in [1.82, 2.24) is 0 Å². The summed E-state index contributed by atoms with van der Waals surface area (Å²) < 4.78 is 18.7. The Morgan fingerprint density at radius 2 is 1.72 bits per heavy atom. The van der Waals surface area contributed by atoms with Crippen molar-refractivity contribution >= 4 is 11.6 Å². The van der Waals surface area contributed by atoms with Crippen molar-refractivity contribution in [2.45, 2.75) is 26.2 Å². The van der Waals surface area contributed by atoms with Gasteiger partial charge in [-0.3, -0.25) is 4.79 Å². The summed E-state index contributed by atoms with van der Waals surface area (Å²) >= 11 is 0. The molecule has 1 N–H and O–H groups in total. The van der Waals surface area contributed by atoms with Crippen LogP contribution < -0.4 is 5.32 Å². The SMILES string of the molecule is CCc1ccc(NC(=O)CCc2ccc(-c3ccc(F)cc3)o2)cc1. The molecule has 0 atom stereocenters. The fourth-order valence-corrected chi connectivity index (χ4v) is 2.57. The highest BCUT2D eigenvalue weighted by atomic mass is 19.1. The van der Waals surface area contributed by atoms with Gasteiger partial charge in [0.05, 0.1) is 0 Å². The van der Waals surface area contributed by atoms with Gasteiger partial charge in [0.1, 0.15) is 17.3 Å². The third-order valence-corrected chi connectivity index (χ3v) is 4.03. The second kappa shape index (κ2) is 7.79. The zero-order valence-corrected chi connectivity index (χ0v) is 14.1. The maximum Gasteiger partial charge on any atom is 0.224 e. The van der Waals surface area contributed by atoms with Gasteiger partial charge in [0.2, 0.25) is 5.91 Å². The van der Waals surface area contributed by atoms with Gasteiger partial charge < -0.3 is 9.73 Å². The van der Waals surface area contributed by atoms with Gasteiger partial charge in [-0.15, -0.1) is 0 Å². The standard InChI is InChI=1S/C21H20FNO2/c1-2-15-3-9-18(10-4-15)23-21(24)14-12-19-11-13-20(25-19)16-5-7-17(22)8-6-16/h3-11,13H,2,12,14H2,1H3,(H,23,24). The molecule has 0 aliphatic heterocycles. The lowest BCUT2D eigenvalue weighted by atomic mass is 10.1. The number of aryl methyl sites for hydroxylation is 2. The van der Waals surface area contributed by atoms with E-state index in [2.05, 4.69) is 12.2 Å². The van der Waals surface area contributed by atoms with Crippen molar-refractivity contribution in [3.05, 3.63) is 77.8 Å². The number of anilines is 1. The summed E-state index contributed by atoms with van der Waals surface area (Å²) in [7, 11) is 0. The Morgan fingerprint density at radius 1 is 1.00 bits per heavy atom. The number of furan rings is 1. The van der Waals surface area contributed by atoms with Crippen LogP contribution in [0.5, 0.6) is 0 Å². The van der Waals surface area contributed by atoms with Crippen molar-refractivity contribution in [3.8, 4) is 11.3 Å². The van der Waals surface area contributed by atoms with Crippen molar-refractivity contribution < 1.29 is 13.6 Å². The lowest BCUT2D eigenvalue weighted by Crippen LogP contribution is -2.12. The monoisotopic (exact) mass is 337 g/mol. The van der Waals surface area contributed by atoms with Crippen LogP contribution in [0.2, 0.25) is 0 Å². The third kappa shape index (κ3) is 4.57. The molecule has 3 nitrogen and oxygen atoms in total. The number of carbonyl (C=O) groups excluding carboxylic acids is 1. The molecule has 0 saturated heterocycles. The normalized spacial score (nSPS) is 10.6. The second-order valence-corrected chi connectivity index (χ2v) is 5.87. The van der Waals surface area contributed by atoms with Gasteiger partial charge in [-0.2, -0.15) is 0 Å². The fraction of sp³-hybridized carbons (Fsp3) is 0.190. The van der Waals surface area contributed by atoms with Crippen LogP contribution in [-0.2, 0) is 17.6 Å². The summed E-state index contributed by atoms with van der Waals surface area (Å²) in [5, 5.41) is 2.89. The molecule has 4 heteroatoms. The van der Waals surface area contributed by atoms with Crippen LogP contribution in [0, 0.1) is 5.82 Å². The average molecular weight is 337 g/mol. The molecular weight excluding hydrogens is 317 g/mol. The van der Waals surface area contributed by atoms with Crippen LogP contribution in [0.25, 0.3) is 11.3 Å². The zero-order chi connectivity index (χ0) is 17.6. The van der Waals surface area contributed by atoms with Gasteiger partial charge in [0.25, 0.3) is 0 Å². The van der Waals surface area contributed by atoms with Gasteiger partial charge in [-0.25, -0.2) is 4.39 Å². The molecule has 0 aliphatic carbocycles. The molecule has 25 heavy (non-hydrogen) atoms. The summed E-state index contributed by atoms with van der Waals surface area (Å²) in [6.07, 6.45) is 1.83. The Kier molecular flexibility index (Phi) is 5.29. The number of benzene rings is 2. The third-order valence-electron chi connectivity index (χ3n) is 4.03. The van der Waals surface area contributed by atoms with E-state index in [9.17, 15) is 9.18 Å². The van der Waals surface area contributed by atoms with E-state index in [4.69, 9.17) is 4.42 Å². The summed E-state index contributed by atoms with van der Waals surface area (Å²) in [5.74, 6) is 1.07. The van der Waals surface area contributed by atoms with Crippen LogP contribution in [0.4, 0.5) is 10.1 Å². The topological polar surface area (TPSA) is 42.2 Å². The van der Waals surface area contributed by atoms with E-state index in [0.717, 1.165) is 23.4 Å². The zero-order valence-electron chi connectivity index (χ0n) is 14.1. The maximum absolute atomic E-state index is 13.0. The van der Waals surface area contributed by atoms with Crippen LogP contribution in [-0.4, -0.2) is 5.91 Å². The van der Waals surface area contributed by atoms with Crippen molar-refractivity contribution in [2.24, 2.45) is 0 Å². The van der Waals surface area contributed by atoms with E-state index in [1.165, 1.54) is 17.7 Å². The number of hydrogen-bond donors (Lipinski definition) is 1. The molecule has 3 rings (SSSR count). The number of carbonyl (C=O) groups is 1. The van der Waals surface area contributed by atoms with E-state index in [0.29, 0.717) is 18.6 Å². The summed E-state index contributed by atoms with van der Waals surface area (Å²) in [5.41, 5.74) is 2.85. The number of hydrogen-bond acceptors (Lipinski definition) is 2. The van der Waals surface area contributed by atoms with E-state index in [1.807, 2.05) is 36.4 Å². The number of rotatable bonds is 6. The first-order valence-electron chi connectivity index (χ1n) is 8.37. The molecule has 0 unspecified atom stereocenters. The first-order chi connectivity index (χ1) is 12.1. The number of halogens is 1. The molecule has 128 valence electrons. The van der Waals surface area contributed by atoms with Gasteiger partial charge in [0, 0.05) is 24.1 Å². The molecule has 1 aromatic heterocycles. The molecule has 3 aromatic rings. The minimum absolute atomic E-state index is 0.0519. The molecule has 1 heterocycles. The summed E-state index contributed by atoms with van der Waals surface area (Å²) in [6.45, 7) is 2.09. The van der Waals surface area contributed by atoms with Crippen molar-refractivity contribution in [3.63, 3.8) is 0 Å². The van der Waals surface area contributed by atoms with Crippen LogP contribution >= 0.6 is 0 Å². The minimum atomic E-state index is -0.279. The van der Waals surface area contributed by atoms with Crippen LogP contribution in [0.3, 0.4) is 0 Å². The smallest absolute Gasteiger partial charge is 0.224 e. The summed E-state index contributed by atoms with van der Waals surface area (Å²) in [6, 6.07) is 17.7. The Hall–Kier alpha value is -2.88. The molecule has 2 aromatic carbocycles. The quantitative estimate of drug-likeness (QED) is 0.670. The summed E-state index contributed by atoms with van der Waals surface area (Å²) in [4.78, 5) is 12.1. The Balaban J connectivity index is 1.54. The predicted octanol–water partition coefficient (Wildman–Crippen LogP) is 5.22. The maximum atomic E-state index is 13.0. The highest BCUT2D eigenvalue weighted by molar-refractivity contribution is 5.90. The predicted molar refractivity (Wildman–Crippen MR) is 96.9 cm³/mol. The highest BCUT2D eigenvalue weighted by Crippen LogP contribution is 2.23. The first kappa shape index (κ1) is 17.0. The fourth-order valence-electron chi connectivity index (χ4n) is 2.57. The van der Waals surface area contributed by atoms with Gasteiger partial charge in [-0.05, 0) is 60.5 Å². The van der Waals surface area contributed by atoms with E-state index >= 15 is 0 Å². The lowest BCUT2D eigenvalue weighted by molar-refractivity contribution is -0.116. The molecule has 0 saturated carbocycles. The molecule has 0 spiro atoms. The van der Waals surface area contributed by atoms with Gasteiger partial charge in [-0.1, -0.05) is 19.1 Å². The lowest BCUT2D eigenvalue weighted by Gasteiger charge is -2.05. The number of amides is 1. The van der Waals surface area contributed by atoms with Gasteiger partial charge in [0.15, 0.2) is 0 Å². The first-order valence-corrected chi connectivity index (χ1v) is 8.37. The van der Waals surface area contributed by atoms with E-state index < -0.39 is 0 Å². The molecular formula is C21H20FNO2. The molecule has 0 aliphatic rings. The van der Waals surface area contributed by atoms with Crippen molar-refractivity contribution in [2.75, 3.05) is 5.32 Å². The number of nitrogens with one attached hydrogen (secondary N) is 1. The van der Waals surface area contributed by atoms with E-state index in [-0.39, 0.29) is 11.7 Å². The van der Waals surface area contributed by atoms with Crippen LogP contribution in [0.15, 0.2) is 65.1 Å². The van der Waals surface area contributed by atoms with Gasteiger partial charge >= 0.3 is 0 Å². The molecule has 0 bridgehead atoms. The second-order valence-electron chi connectivity index (χ2n) is 5.87. The van der Waals surface area contributed by atoms with Crippen LogP contribution in [0.1, 0.15) is 24.7 Å². The molecule has 1 amide bonds. The Morgan fingerprint density at radius 3 is 2.40 bits per heavy atom. The largest absolute Gasteiger partial charge is 0.461 e. The van der Waals surface area contributed by atoms with E-state index in [1.54, 1.807) is 12.1 Å². The minimum Gasteiger partial charge on any atom is -0.461 e. The average Bonchev–Trinajstić information content (AvgIpc) is 3.10.